The summed E-state index contributed by atoms with van der Waals surface area (Å²) in [5.41, 5.74) is 1.13. The maximum Gasteiger partial charge on any atom is 0.167 e. The Labute approximate surface area is 129 Å². The van der Waals surface area contributed by atoms with Crippen molar-refractivity contribution in [1.29, 1.82) is 0 Å². The number of aliphatic hydroxyl groups is 1. The average Bonchev–Trinajstić information content (AvgIpc) is 2.72. The highest BCUT2D eigenvalue weighted by Gasteiger charge is 2.57. The highest BCUT2D eigenvalue weighted by atomic mass is 16.3. The van der Waals surface area contributed by atoms with Crippen LogP contribution in [0.25, 0.3) is 0 Å². The first kappa shape index (κ1) is 10.4. The van der Waals surface area contributed by atoms with Gasteiger partial charge in [0.25, 0.3) is 0 Å². The van der Waals surface area contributed by atoms with Crippen LogP contribution in [0.1, 0.15) is 53.8 Å². The third kappa shape index (κ3) is 1.73. The number of aromatic hydroxyl groups is 1. The molecule has 1 aromatic rings. The molecule has 3 heteroatoms. The molecule has 2 fully saturated rings. The van der Waals surface area contributed by atoms with E-state index in [0.717, 1.165) is 24.0 Å². The number of phenolic OH excluding ortho intramolecular Hbond substituents is 1. The van der Waals surface area contributed by atoms with Crippen LogP contribution in [-0.4, -0.2) is 22.1 Å². The zero-order valence-electron chi connectivity index (χ0n) is 15.1. The van der Waals surface area contributed by atoms with Gasteiger partial charge in [-0.3, -0.25) is 4.79 Å². The van der Waals surface area contributed by atoms with E-state index in [1.54, 1.807) is 6.07 Å². The minimum absolute atomic E-state index is 0.0211. The first-order chi connectivity index (χ1) is 11.2. The van der Waals surface area contributed by atoms with E-state index in [4.69, 9.17) is 4.11 Å². The Kier molecular flexibility index (Phi) is 2.14. The molecule has 0 amide bonds. The fraction of sp³-hybridized carbons (Fsp3) is 0.611. The topological polar surface area (TPSA) is 57.5 Å². The smallest absolute Gasteiger partial charge is 0.167 e. The van der Waals surface area contributed by atoms with Gasteiger partial charge < -0.3 is 10.2 Å². The predicted octanol–water partition coefficient (Wildman–Crippen LogP) is 2.79. The van der Waals surface area contributed by atoms with Crippen LogP contribution in [0.4, 0.5) is 0 Å². The van der Waals surface area contributed by atoms with E-state index in [1.165, 1.54) is 0 Å². The van der Waals surface area contributed by atoms with Gasteiger partial charge in [-0.25, -0.2) is 0 Å². The van der Waals surface area contributed by atoms with Crippen molar-refractivity contribution in [2.75, 3.05) is 0 Å². The zero-order valence-corrected chi connectivity index (χ0v) is 12.1. The molecule has 1 aromatic carbocycles. The average molecular weight is 289 g/mol. The second-order valence-corrected chi connectivity index (χ2v) is 7.05. The summed E-state index contributed by atoms with van der Waals surface area (Å²) in [4.78, 5) is 12.5. The quantitative estimate of drug-likeness (QED) is 0.772. The van der Waals surface area contributed by atoms with Crippen molar-refractivity contribution in [3.8, 4) is 5.75 Å². The highest BCUT2D eigenvalue weighted by molar-refractivity contribution is 5.91. The summed E-state index contributed by atoms with van der Waals surface area (Å²) in [5.74, 6) is -0.316. The monoisotopic (exact) mass is 289 g/mol. The molecule has 3 nitrogen and oxygen atoms in total. The number of benzene rings is 1. The molecule has 0 unspecified atom stereocenters. The van der Waals surface area contributed by atoms with Crippen molar-refractivity contribution in [3.63, 3.8) is 0 Å². The van der Waals surface area contributed by atoms with Crippen LogP contribution in [0.5, 0.6) is 5.75 Å². The molecular formula is C18H22O3. The lowest BCUT2D eigenvalue weighted by molar-refractivity contribution is -0.134. The van der Waals surface area contributed by atoms with Crippen molar-refractivity contribution in [2.45, 2.75) is 51.0 Å². The normalized spacial score (nSPS) is 46.9. The van der Waals surface area contributed by atoms with Crippen LogP contribution in [0.3, 0.4) is 0 Å². The molecule has 5 atom stereocenters. The first-order valence-corrected chi connectivity index (χ1v) is 7.76. The molecule has 3 aliphatic carbocycles. The lowest BCUT2D eigenvalue weighted by Gasteiger charge is -2.48. The summed E-state index contributed by atoms with van der Waals surface area (Å²) in [5, 5.41) is 20.1. The van der Waals surface area contributed by atoms with Gasteiger partial charge in [0.2, 0.25) is 0 Å². The molecule has 0 bridgehead atoms. The maximum absolute atomic E-state index is 12.5. The lowest BCUT2D eigenvalue weighted by atomic mass is 9.55. The Morgan fingerprint density at radius 1 is 1.48 bits per heavy atom. The van der Waals surface area contributed by atoms with Gasteiger partial charge >= 0.3 is 0 Å². The van der Waals surface area contributed by atoms with Gasteiger partial charge in [0.05, 0.1) is 4.11 Å². The van der Waals surface area contributed by atoms with Gasteiger partial charge in [0.15, 0.2) is 5.78 Å². The molecule has 0 spiro atoms. The predicted molar refractivity (Wildman–Crippen MR) is 79.1 cm³/mol. The second-order valence-electron chi connectivity index (χ2n) is 7.05. The molecule has 0 aromatic heterocycles. The van der Waals surface area contributed by atoms with Gasteiger partial charge in [0.1, 0.15) is 11.8 Å². The molecule has 0 heterocycles. The van der Waals surface area contributed by atoms with Crippen LogP contribution in [0.15, 0.2) is 18.2 Å². The zero-order chi connectivity index (χ0) is 17.4. The number of phenols is 1. The number of Topliss-reactive ketones (excluding diaryl/α,β-unsaturated/α-hetero) is 1. The minimum Gasteiger partial charge on any atom is -0.508 e. The molecule has 0 radical (unpaired) electrons. The van der Waals surface area contributed by atoms with E-state index in [2.05, 4.69) is 0 Å². The van der Waals surface area contributed by atoms with Crippen molar-refractivity contribution >= 4 is 5.78 Å². The molecule has 0 saturated heterocycles. The van der Waals surface area contributed by atoms with E-state index in [1.807, 2.05) is 6.92 Å². The Bertz CT molecular complexity index is 746. The number of ketones is 1. The van der Waals surface area contributed by atoms with Crippen LogP contribution in [0, 0.1) is 17.3 Å². The lowest BCUT2D eigenvalue weighted by Crippen LogP contribution is -2.42. The summed E-state index contributed by atoms with van der Waals surface area (Å²) in [6.07, 6.45) is 1.02. The second kappa shape index (κ2) is 4.33. The summed E-state index contributed by atoms with van der Waals surface area (Å²) in [7, 11) is 0. The SMILES string of the molecule is [2H]c1cc2c(c([2H])c1O)CC[C@@H]1[C@@H]2CC[C@]2(C)C(=O)[C@]([2H])(O)C[C@@H]12. The molecule has 0 aliphatic heterocycles. The van der Waals surface area contributed by atoms with E-state index in [0.29, 0.717) is 12.8 Å². The van der Waals surface area contributed by atoms with Gasteiger partial charge in [0, 0.05) is 5.41 Å². The molecule has 21 heavy (non-hydrogen) atoms. The molecule has 3 aliphatic rings. The highest BCUT2D eigenvalue weighted by Crippen LogP contribution is 2.59. The van der Waals surface area contributed by atoms with E-state index < -0.39 is 11.5 Å². The summed E-state index contributed by atoms with van der Waals surface area (Å²) in [6.45, 7) is 1.89. The number of carbonyl (C=O) groups is 1. The molecule has 112 valence electrons. The van der Waals surface area contributed by atoms with E-state index in [-0.39, 0.29) is 47.8 Å². The largest absolute Gasteiger partial charge is 0.508 e. The van der Waals surface area contributed by atoms with E-state index in [9.17, 15) is 15.0 Å². The maximum atomic E-state index is 12.5. The van der Waals surface area contributed by atoms with Crippen molar-refractivity contribution in [3.05, 3.63) is 29.3 Å². The van der Waals surface area contributed by atoms with Crippen LogP contribution < -0.4 is 0 Å². The van der Waals surface area contributed by atoms with Gasteiger partial charge in [-0.2, -0.15) is 0 Å². The Balaban J connectivity index is 1.78. The fourth-order valence-electron chi connectivity index (χ4n) is 5.02. The van der Waals surface area contributed by atoms with Crippen LogP contribution in [-0.2, 0) is 11.2 Å². The van der Waals surface area contributed by atoms with E-state index >= 15 is 0 Å². The third-order valence-corrected chi connectivity index (χ3v) is 6.13. The van der Waals surface area contributed by atoms with Gasteiger partial charge in [-0.15, -0.1) is 0 Å². The molecule has 4 rings (SSSR count). The summed E-state index contributed by atoms with van der Waals surface area (Å²) < 4.78 is 24.0. The Morgan fingerprint density at radius 3 is 3.10 bits per heavy atom. The summed E-state index contributed by atoms with van der Waals surface area (Å²) >= 11 is 0. The minimum atomic E-state index is -1.98. The standard InChI is InChI=1S/C18H22O3/c1-18-7-6-13-12-5-3-11(19)8-10(12)2-4-14(13)15(18)9-16(20)17(18)21/h3,5,8,13-16,19-20H,2,4,6-7,9H2,1H3/t13-,14-,15+,16-,18+/m1/s1/i3D,8D,16D. The number of fused-ring (bicyclic) bond motifs is 5. The Hall–Kier alpha value is -1.35. The first-order valence-electron chi connectivity index (χ1n) is 9.26. The Morgan fingerprint density at radius 2 is 2.29 bits per heavy atom. The van der Waals surface area contributed by atoms with Gasteiger partial charge in [-0.05, 0) is 73.1 Å². The van der Waals surface area contributed by atoms with Crippen LogP contribution in [0.2, 0.25) is 0 Å². The fourth-order valence-corrected chi connectivity index (χ4v) is 5.02. The van der Waals surface area contributed by atoms with Crippen LogP contribution >= 0.6 is 0 Å². The number of rotatable bonds is 0. The number of carbonyl (C=O) groups excluding carboxylic acids is 1. The molecule has 2 N–H and O–H groups in total. The van der Waals surface area contributed by atoms with Crippen molar-refractivity contribution < 1.29 is 19.1 Å². The van der Waals surface area contributed by atoms with Crippen molar-refractivity contribution in [2.24, 2.45) is 17.3 Å². The number of hydrogen-bond acceptors (Lipinski definition) is 3. The van der Waals surface area contributed by atoms with Gasteiger partial charge in [-0.1, -0.05) is 13.0 Å². The molecule has 2 saturated carbocycles. The summed E-state index contributed by atoms with van der Waals surface area (Å²) in [6, 6.07) is 1.71. The van der Waals surface area contributed by atoms with Crippen molar-refractivity contribution in [1.82, 2.24) is 0 Å². The number of hydrogen-bond donors (Lipinski definition) is 2. The third-order valence-electron chi connectivity index (χ3n) is 6.13. The molecular weight excluding hydrogens is 264 g/mol.